The standard InChI is InChI=1S/C23H33N3OS/c1-16-14-18(17(2)25(16)3)15-21-22(27)26(20-12-8-5-9-13-20)23(28-21)24-19-10-6-4-7-11-19/h14-15,19-20H,4-13H2,1-3H3. The summed E-state index contributed by atoms with van der Waals surface area (Å²) in [5, 5.41) is 0.973. The summed E-state index contributed by atoms with van der Waals surface area (Å²) in [5.41, 5.74) is 3.58. The van der Waals surface area contributed by atoms with Gasteiger partial charge in [0, 0.05) is 24.5 Å². The summed E-state index contributed by atoms with van der Waals surface area (Å²) in [6.07, 6.45) is 14.3. The van der Waals surface area contributed by atoms with Crippen molar-refractivity contribution in [3.8, 4) is 0 Å². The fourth-order valence-corrected chi connectivity index (χ4v) is 5.88. The lowest BCUT2D eigenvalue weighted by Gasteiger charge is -2.31. The third kappa shape index (κ3) is 3.96. The zero-order chi connectivity index (χ0) is 19.7. The number of hydrogen-bond acceptors (Lipinski definition) is 3. The zero-order valence-corrected chi connectivity index (χ0v) is 18.4. The Morgan fingerprint density at radius 1 is 1.04 bits per heavy atom. The second kappa shape index (κ2) is 8.48. The summed E-state index contributed by atoms with van der Waals surface area (Å²) in [6.45, 7) is 4.24. The van der Waals surface area contributed by atoms with Crippen LogP contribution in [0.1, 0.15) is 81.2 Å². The Kier molecular flexibility index (Phi) is 6.00. The van der Waals surface area contributed by atoms with Crippen LogP contribution < -0.4 is 0 Å². The average molecular weight is 400 g/mol. The van der Waals surface area contributed by atoms with Crippen LogP contribution in [0.3, 0.4) is 0 Å². The minimum absolute atomic E-state index is 0.173. The van der Waals surface area contributed by atoms with Crippen LogP contribution in [0.5, 0.6) is 0 Å². The van der Waals surface area contributed by atoms with Crippen molar-refractivity contribution in [3.63, 3.8) is 0 Å². The van der Waals surface area contributed by atoms with Crippen LogP contribution in [0.4, 0.5) is 0 Å². The van der Waals surface area contributed by atoms with Gasteiger partial charge in [-0.05, 0) is 69.0 Å². The van der Waals surface area contributed by atoms with Gasteiger partial charge in [0.05, 0.1) is 10.9 Å². The maximum absolute atomic E-state index is 13.4. The molecule has 1 aromatic rings. The van der Waals surface area contributed by atoms with Crippen molar-refractivity contribution in [1.29, 1.82) is 0 Å². The van der Waals surface area contributed by atoms with Gasteiger partial charge in [-0.15, -0.1) is 0 Å². The minimum atomic E-state index is 0.173. The highest BCUT2D eigenvalue weighted by Crippen LogP contribution is 2.38. The van der Waals surface area contributed by atoms with Crippen LogP contribution in [0.25, 0.3) is 6.08 Å². The van der Waals surface area contributed by atoms with Crippen molar-refractivity contribution in [1.82, 2.24) is 9.47 Å². The van der Waals surface area contributed by atoms with Crippen molar-refractivity contribution >= 4 is 28.9 Å². The number of aromatic nitrogens is 1. The second-order valence-corrected chi connectivity index (χ2v) is 9.68. The van der Waals surface area contributed by atoms with Crippen molar-refractivity contribution < 1.29 is 4.79 Å². The number of amides is 1. The number of aryl methyl sites for hydroxylation is 1. The van der Waals surface area contributed by atoms with E-state index in [1.165, 1.54) is 62.8 Å². The van der Waals surface area contributed by atoms with Crippen molar-refractivity contribution in [3.05, 3.63) is 27.9 Å². The zero-order valence-electron chi connectivity index (χ0n) is 17.5. The summed E-state index contributed by atoms with van der Waals surface area (Å²) in [5.74, 6) is 0.173. The summed E-state index contributed by atoms with van der Waals surface area (Å²) in [7, 11) is 2.08. The predicted molar refractivity (Wildman–Crippen MR) is 118 cm³/mol. The molecule has 1 saturated heterocycles. The number of rotatable bonds is 3. The molecule has 5 heteroatoms. The van der Waals surface area contributed by atoms with E-state index in [0.29, 0.717) is 12.1 Å². The van der Waals surface area contributed by atoms with E-state index in [4.69, 9.17) is 4.99 Å². The number of nitrogens with zero attached hydrogens (tertiary/aromatic N) is 3. The van der Waals surface area contributed by atoms with Crippen molar-refractivity contribution in [2.24, 2.45) is 12.0 Å². The third-order valence-electron chi connectivity index (χ3n) is 6.75. The summed E-state index contributed by atoms with van der Waals surface area (Å²) >= 11 is 1.61. The molecule has 1 aromatic heterocycles. The Bertz CT molecular complexity index is 795. The van der Waals surface area contributed by atoms with Gasteiger partial charge >= 0.3 is 0 Å². The molecule has 0 spiro atoms. The molecule has 4 rings (SSSR count). The smallest absolute Gasteiger partial charge is 0.267 e. The Hall–Kier alpha value is -1.49. The molecule has 2 heterocycles. The van der Waals surface area contributed by atoms with Crippen LogP contribution in [0.2, 0.25) is 0 Å². The summed E-state index contributed by atoms with van der Waals surface area (Å²) in [4.78, 5) is 21.4. The molecular weight excluding hydrogens is 366 g/mol. The number of aliphatic imine (C=N–C) groups is 1. The van der Waals surface area contributed by atoms with E-state index in [0.717, 1.165) is 28.5 Å². The molecule has 152 valence electrons. The van der Waals surface area contributed by atoms with Gasteiger partial charge in [-0.2, -0.15) is 0 Å². The first-order valence-corrected chi connectivity index (χ1v) is 11.8. The fourth-order valence-electron chi connectivity index (χ4n) is 4.78. The van der Waals surface area contributed by atoms with Gasteiger partial charge in [0.25, 0.3) is 5.91 Å². The molecule has 1 amide bonds. The van der Waals surface area contributed by atoms with Gasteiger partial charge in [0.15, 0.2) is 5.17 Å². The SMILES string of the molecule is Cc1cc(C=C2SC(=NC3CCCCC3)N(C3CCCCC3)C2=O)c(C)n1C. The number of amidine groups is 1. The third-order valence-corrected chi connectivity index (χ3v) is 7.74. The lowest BCUT2D eigenvalue weighted by Crippen LogP contribution is -2.41. The maximum atomic E-state index is 13.4. The van der Waals surface area contributed by atoms with Crippen LogP contribution in [0, 0.1) is 13.8 Å². The molecule has 0 unspecified atom stereocenters. The number of thioether (sulfide) groups is 1. The molecular formula is C23H33N3OS. The monoisotopic (exact) mass is 399 g/mol. The Labute approximate surface area is 173 Å². The van der Waals surface area contributed by atoms with E-state index in [2.05, 4.69) is 42.5 Å². The lowest BCUT2D eigenvalue weighted by atomic mass is 9.94. The van der Waals surface area contributed by atoms with Gasteiger partial charge < -0.3 is 4.57 Å². The van der Waals surface area contributed by atoms with E-state index in [-0.39, 0.29) is 5.91 Å². The summed E-state index contributed by atoms with van der Waals surface area (Å²) in [6, 6.07) is 2.91. The highest BCUT2D eigenvalue weighted by atomic mass is 32.2. The minimum Gasteiger partial charge on any atom is -0.352 e. The van der Waals surface area contributed by atoms with Crippen molar-refractivity contribution in [2.75, 3.05) is 0 Å². The lowest BCUT2D eigenvalue weighted by molar-refractivity contribution is -0.124. The highest BCUT2D eigenvalue weighted by molar-refractivity contribution is 8.18. The molecule has 0 bridgehead atoms. The van der Waals surface area contributed by atoms with Gasteiger partial charge in [-0.3, -0.25) is 14.7 Å². The van der Waals surface area contributed by atoms with Gasteiger partial charge in [-0.25, -0.2) is 0 Å². The normalized spacial score (nSPS) is 25.4. The molecule has 4 nitrogen and oxygen atoms in total. The molecule has 0 atom stereocenters. The first-order valence-electron chi connectivity index (χ1n) is 11.0. The van der Waals surface area contributed by atoms with Crippen molar-refractivity contribution in [2.45, 2.75) is 90.1 Å². The largest absolute Gasteiger partial charge is 0.352 e. The molecule has 28 heavy (non-hydrogen) atoms. The molecule has 3 fully saturated rings. The van der Waals surface area contributed by atoms with Gasteiger partial charge in [-0.1, -0.05) is 38.5 Å². The molecule has 2 saturated carbocycles. The van der Waals surface area contributed by atoms with Crippen LogP contribution in [-0.4, -0.2) is 32.6 Å². The topological polar surface area (TPSA) is 37.6 Å². The second-order valence-electron chi connectivity index (χ2n) is 8.67. The summed E-state index contributed by atoms with van der Waals surface area (Å²) < 4.78 is 2.19. The number of hydrogen-bond donors (Lipinski definition) is 0. The Balaban J connectivity index is 1.65. The highest BCUT2D eigenvalue weighted by Gasteiger charge is 2.39. The number of carbonyl (C=O) groups is 1. The van der Waals surface area contributed by atoms with Crippen LogP contribution in [0.15, 0.2) is 16.0 Å². The Morgan fingerprint density at radius 3 is 2.29 bits per heavy atom. The molecule has 1 aliphatic heterocycles. The molecule has 0 N–H and O–H groups in total. The van der Waals surface area contributed by atoms with E-state index >= 15 is 0 Å². The number of carbonyl (C=O) groups excluding carboxylic acids is 1. The van der Waals surface area contributed by atoms with E-state index in [1.807, 2.05) is 0 Å². The van der Waals surface area contributed by atoms with E-state index < -0.39 is 0 Å². The van der Waals surface area contributed by atoms with Crippen LogP contribution in [-0.2, 0) is 11.8 Å². The van der Waals surface area contributed by atoms with E-state index in [9.17, 15) is 4.79 Å². The first-order chi connectivity index (χ1) is 13.5. The molecule has 3 aliphatic rings. The molecule has 2 aliphatic carbocycles. The van der Waals surface area contributed by atoms with Gasteiger partial charge in [0.2, 0.25) is 0 Å². The molecule has 0 aromatic carbocycles. The maximum Gasteiger partial charge on any atom is 0.267 e. The quantitative estimate of drug-likeness (QED) is 0.622. The predicted octanol–water partition coefficient (Wildman–Crippen LogP) is 5.58. The average Bonchev–Trinajstić information content (AvgIpc) is 3.14. The van der Waals surface area contributed by atoms with Crippen LogP contribution >= 0.6 is 11.8 Å². The Morgan fingerprint density at radius 2 is 1.68 bits per heavy atom. The molecule has 0 radical (unpaired) electrons. The first kappa shape index (κ1) is 19.8. The fraction of sp³-hybridized carbons (Fsp3) is 0.652. The van der Waals surface area contributed by atoms with Gasteiger partial charge in [0.1, 0.15) is 0 Å². The van der Waals surface area contributed by atoms with E-state index in [1.54, 1.807) is 11.8 Å².